The fourth-order valence-electron chi connectivity index (χ4n) is 1.46. The zero-order chi connectivity index (χ0) is 22.8. The first-order valence-corrected chi connectivity index (χ1v) is 10.6. The lowest BCUT2D eigenvalue weighted by Gasteiger charge is -2.08. The Morgan fingerprint density at radius 2 is 1.50 bits per heavy atom. The summed E-state index contributed by atoms with van der Waals surface area (Å²) in [6.45, 7) is 23.0. The molecule has 160 valence electrons. The maximum atomic E-state index is 8.38. The first-order chi connectivity index (χ1) is 13.6. The van der Waals surface area contributed by atoms with Gasteiger partial charge in [-0.3, -0.25) is 0 Å². The molecule has 0 radical (unpaired) electrons. The number of hydrogen-bond acceptors (Lipinski definition) is 2. The van der Waals surface area contributed by atoms with E-state index >= 15 is 0 Å². The van der Waals surface area contributed by atoms with Gasteiger partial charge in [0, 0.05) is 0 Å². The van der Waals surface area contributed by atoms with Crippen molar-refractivity contribution in [2.45, 2.75) is 82.6 Å². The second kappa shape index (κ2) is 29.5. The number of allylic oxidation sites excluding steroid dienone is 5. The molecule has 2 heteroatoms. The van der Waals surface area contributed by atoms with Gasteiger partial charge in [-0.1, -0.05) is 84.4 Å². The fraction of sp³-hybridized carbons (Fsp3) is 0.500. The van der Waals surface area contributed by atoms with E-state index in [4.69, 9.17) is 10.00 Å². The van der Waals surface area contributed by atoms with Gasteiger partial charge in [0.1, 0.15) is 5.76 Å². The third kappa shape index (κ3) is 21.8. The van der Waals surface area contributed by atoms with Crippen LogP contribution in [0.5, 0.6) is 0 Å². The molecular weight excluding hydrogens is 342 g/mol. The Hall–Kier alpha value is -2.27. The van der Waals surface area contributed by atoms with Crippen LogP contribution >= 0.6 is 0 Å². The van der Waals surface area contributed by atoms with Gasteiger partial charge in [-0.05, 0) is 57.9 Å². The average molecular weight is 388 g/mol. The predicted molar refractivity (Wildman–Crippen MR) is 129 cm³/mol. The molecule has 2 nitrogen and oxygen atoms in total. The SMILES string of the molecule is CC.CC.CC.C\C=C(C)/C(=C\C=C\C)OCCC.Cc1ccc(C#N)cc1. The highest BCUT2D eigenvalue weighted by molar-refractivity contribution is 5.30. The molecule has 0 amide bonds. The normalized spacial score (nSPS) is 9.79. The molecule has 28 heavy (non-hydrogen) atoms. The predicted octanol–water partition coefficient (Wildman–Crippen LogP) is 8.78. The van der Waals surface area contributed by atoms with Crippen LogP contribution in [0, 0.1) is 18.3 Å². The highest BCUT2D eigenvalue weighted by Gasteiger charge is 1.97. The topological polar surface area (TPSA) is 33.0 Å². The minimum atomic E-state index is 0.723. The molecule has 0 unspecified atom stereocenters. The zero-order valence-electron chi connectivity index (χ0n) is 20.4. The Kier molecular flexibility index (Phi) is 35.1. The van der Waals surface area contributed by atoms with Gasteiger partial charge < -0.3 is 4.74 Å². The van der Waals surface area contributed by atoms with Crippen molar-refractivity contribution in [2.75, 3.05) is 6.61 Å². The van der Waals surface area contributed by atoms with E-state index in [1.807, 2.05) is 105 Å². The van der Waals surface area contributed by atoms with Gasteiger partial charge in [0.05, 0.1) is 18.2 Å². The van der Waals surface area contributed by atoms with E-state index in [9.17, 15) is 0 Å². The number of ether oxygens (including phenoxy) is 1. The molecule has 0 aliphatic carbocycles. The Morgan fingerprint density at radius 1 is 1.00 bits per heavy atom. The number of nitrogens with zero attached hydrogens (tertiary/aromatic N) is 1. The lowest BCUT2D eigenvalue weighted by atomic mass is 10.2. The molecule has 0 aromatic heterocycles. The van der Waals surface area contributed by atoms with Crippen LogP contribution in [0.2, 0.25) is 0 Å². The first-order valence-electron chi connectivity index (χ1n) is 10.6. The molecule has 0 saturated heterocycles. The van der Waals surface area contributed by atoms with Crippen molar-refractivity contribution in [1.82, 2.24) is 0 Å². The molecule has 0 saturated carbocycles. The van der Waals surface area contributed by atoms with Crippen molar-refractivity contribution in [3.05, 3.63) is 71.0 Å². The number of hydrogen-bond donors (Lipinski definition) is 0. The van der Waals surface area contributed by atoms with Gasteiger partial charge in [-0.2, -0.15) is 5.26 Å². The second-order valence-electron chi connectivity index (χ2n) is 4.85. The van der Waals surface area contributed by atoms with Crippen LogP contribution in [0.15, 0.2) is 59.9 Å². The lowest BCUT2D eigenvalue weighted by Crippen LogP contribution is -1.94. The van der Waals surface area contributed by atoms with Gasteiger partial charge in [0.2, 0.25) is 0 Å². The van der Waals surface area contributed by atoms with Crippen molar-refractivity contribution in [1.29, 1.82) is 5.26 Å². The molecule has 1 rings (SSSR count). The van der Waals surface area contributed by atoms with Crippen LogP contribution in [-0.2, 0) is 4.74 Å². The summed E-state index contributed by atoms with van der Waals surface area (Å²) in [6.07, 6.45) is 9.11. The van der Waals surface area contributed by atoms with Crippen molar-refractivity contribution >= 4 is 0 Å². The molecule has 1 aromatic carbocycles. The average Bonchev–Trinajstić information content (AvgIpc) is 2.78. The summed E-state index contributed by atoms with van der Waals surface area (Å²) in [5.74, 6) is 0.974. The molecule has 0 bridgehead atoms. The maximum absolute atomic E-state index is 8.38. The van der Waals surface area contributed by atoms with Gasteiger partial charge in [-0.25, -0.2) is 0 Å². The van der Waals surface area contributed by atoms with E-state index in [0.717, 1.165) is 24.4 Å². The number of rotatable bonds is 5. The van der Waals surface area contributed by atoms with Gasteiger partial charge >= 0.3 is 0 Å². The third-order valence-corrected chi connectivity index (χ3v) is 2.90. The Labute approximate surface area is 176 Å². The van der Waals surface area contributed by atoms with Gasteiger partial charge in [0.25, 0.3) is 0 Å². The third-order valence-electron chi connectivity index (χ3n) is 2.90. The largest absolute Gasteiger partial charge is 0.493 e. The molecule has 0 aliphatic heterocycles. The standard InChI is InChI=1S/C12H20O.C8H7N.3C2H6/c1-5-8-9-12(11(4)7-3)13-10-6-2;1-7-2-4-8(6-9)5-3-7;3*1-2/h5,7-9H,6,10H2,1-4H3;2-5H,1H3;3*1-2H3/b8-5+,11-7-,12-9+;;;;. The van der Waals surface area contributed by atoms with E-state index in [1.54, 1.807) is 0 Å². The molecule has 0 fully saturated rings. The van der Waals surface area contributed by atoms with Crippen LogP contribution in [0.25, 0.3) is 0 Å². The Balaban J connectivity index is -0.000000167. The summed E-state index contributed by atoms with van der Waals surface area (Å²) >= 11 is 0. The van der Waals surface area contributed by atoms with Crippen LogP contribution in [0.4, 0.5) is 0 Å². The van der Waals surface area contributed by atoms with Crippen molar-refractivity contribution in [2.24, 2.45) is 0 Å². The summed E-state index contributed by atoms with van der Waals surface area (Å²) < 4.78 is 5.59. The van der Waals surface area contributed by atoms with Crippen LogP contribution in [0.3, 0.4) is 0 Å². The van der Waals surface area contributed by atoms with Crippen LogP contribution < -0.4 is 0 Å². The van der Waals surface area contributed by atoms with Crippen molar-refractivity contribution in [3.63, 3.8) is 0 Å². The number of aryl methyl sites for hydroxylation is 1. The van der Waals surface area contributed by atoms with E-state index in [0.29, 0.717) is 0 Å². The summed E-state index contributed by atoms with van der Waals surface area (Å²) in [7, 11) is 0. The monoisotopic (exact) mass is 387 g/mol. The molecule has 0 spiro atoms. The highest BCUT2D eigenvalue weighted by atomic mass is 16.5. The molecule has 1 aromatic rings. The van der Waals surface area contributed by atoms with Gasteiger partial charge in [-0.15, -0.1) is 0 Å². The maximum Gasteiger partial charge on any atom is 0.121 e. The highest BCUT2D eigenvalue weighted by Crippen LogP contribution is 2.11. The van der Waals surface area contributed by atoms with Crippen molar-refractivity contribution < 1.29 is 4.74 Å². The Bertz CT molecular complexity index is 543. The fourth-order valence-corrected chi connectivity index (χ4v) is 1.46. The summed E-state index contributed by atoms with van der Waals surface area (Å²) in [6, 6.07) is 9.54. The van der Waals surface area contributed by atoms with Crippen LogP contribution in [-0.4, -0.2) is 6.61 Å². The minimum Gasteiger partial charge on any atom is -0.493 e. The smallest absolute Gasteiger partial charge is 0.121 e. The minimum absolute atomic E-state index is 0.723. The van der Waals surface area contributed by atoms with E-state index in [-0.39, 0.29) is 0 Å². The van der Waals surface area contributed by atoms with Crippen LogP contribution in [0.1, 0.15) is 86.8 Å². The quantitative estimate of drug-likeness (QED) is 0.373. The number of benzene rings is 1. The van der Waals surface area contributed by atoms with E-state index in [2.05, 4.69) is 26.0 Å². The van der Waals surface area contributed by atoms with E-state index < -0.39 is 0 Å². The second-order valence-corrected chi connectivity index (χ2v) is 4.85. The van der Waals surface area contributed by atoms with E-state index in [1.165, 1.54) is 11.1 Å². The summed E-state index contributed by atoms with van der Waals surface area (Å²) in [5.41, 5.74) is 3.10. The molecule has 0 N–H and O–H groups in total. The summed E-state index contributed by atoms with van der Waals surface area (Å²) in [4.78, 5) is 0. The molecule has 0 heterocycles. The zero-order valence-corrected chi connectivity index (χ0v) is 20.4. The molecule has 0 atom stereocenters. The first kappa shape index (κ1) is 33.3. The van der Waals surface area contributed by atoms with Crippen molar-refractivity contribution in [3.8, 4) is 6.07 Å². The lowest BCUT2D eigenvalue weighted by molar-refractivity contribution is 0.220. The number of nitriles is 1. The molecule has 0 aliphatic rings. The Morgan fingerprint density at radius 3 is 1.86 bits per heavy atom. The van der Waals surface area contributed by atoms with Gasteiger partial charge in [0.15, 0.2) is 0 Å². The molecular formula is C26H45NO. The summed E-state index contributed by atoms with van der Waals surface area (Å²) in [5, 5.41) is 8.38.